The second kappa shape index (κ2) is 4.48. The Hall–Kier alpha value is -1.63. The lowest BCUT2D eigenvalue weighted by Gasteiger charge is -2.10. The summed E-state index contributed by atoms with van der Waals surface area (Å²) in [4.78, 5) is 10.3. The zero-order chi connectivity index (χ0) is 12.5. The standard InChI is InChI=1S/C9H6F4O3/c10-5-3(7(14)9(15)16)1-2-4(6(5)11)8(12)13/h1-2,7-8,14H,(H,15,16). The zero-order valence-electron chi connectivity index (χ0n) is 7.62. The van der Waals surface area contributed by atoms with Gasteiger partial charge >= 0.3 is 5.97 Å². The maximum Gasteiger partial charge on any atom is 0.337 e. The van der Waals surface area contributed by atoms with Crippen LogP contribution in [0.2, 0.25) is 0 Å². The van der Waals surface area contributed by atoms with Gasteiger partial charge in [-0.15, -0.1) is 0 Å². The van der Waals surface area contributed by atoms with Gasteiger partial charge in [-0.2, -0.15) is 0 Å². The topological polar surface area (TPSA) is 57.5 Å². The highest BCUT2D eigenvalue weighted by Crippen LogP contribution is 2.28. The molecule has 0 radical (unpaired) electrons. The first kappa shape index (κ1) is 12.4. The maximum atomic E-state index is 13.1. The van der Waals surface area contributed by atoms with E-state index in [2.05, 4.69) is 0 Å². The van der Waals surface area contributed by atoms with Crippen LogP contribution in [0, 0.1) is 11.6 Å². The molecule has 88 valence electrons. The first-order valence-electron chi connectivity index (χ1n) is 4.03. The molecule has 0 bridgehead atoms. The van der Waals surface area contributed by atoms with Crippen molar-refractivity contribution in [1.82, 2.24) is 0 Å². The fraction of sp³-hybridized carbons (Fsp3) is 0.222. The lowest BCUT2D eigenvalue weighted by Crippen LogP contribution is -2.13. The molecule has 0 aliphatic carbocycles. The number of benzene rings is 1. The SMILES string of the molecule is O=C(O)C(O)c1ccc(C(F)F)c(F)c1F. The molecule has 0 saturated carbocycles. The lowest BCUT2D eigenvalue weighted by molar-refractivity contribution is -0.147. The molecule has 1 rings (SSSR count). The predicted octanol–water partition coefficient (Wildman–Crippen LogP) is 2.02. The van der Waals surface area contributed by atoms with Gasteiger partial charge in [0.15, 0.2) is 17.7 Å². The summed E-state index contributed by atoms with van der Waals surface area (Å²) in [5.41, 5.74) is -2.08. The van der Waals surface area contributed by atoms with Crippen LogP contribution in [0.15, 0.2) is 12.1 Å². The molecule has 2 N–H and O–H groups in total. The van der Waals surface area contributed by atoms with Gasteiger partial charge in [-0.05, 0) is 6.07 Å². The first-order chi connectivity index (χ1) is 7.36. The number of aliphatic carboxylic acids is 1. The predicted molar refractivity (Wildman–Crippen MR) is 43.9 cm³/mol. The molecule has 0 aliphatic rings. The third kappa shape index (κ3) is 2.13. The largest absolute Gasteiger partial charge is 0.479 e. The van der Waals surface area contributed by atoms with Gasteiger partial charge in [-0.25, -0.2) is 22.4 Å². The third-order valence-electron chi connectivity index (χ3n) is 1.91. The molecule has 0 aromatic heterocycles. The fourth-order valence-corrected chi connectivity index (χ4v) is 1.09. The van der Waals surface area contributed by atoms with Gasteiger partial charge in [-0.1, -0.05) is 6.07 Å². The van der Waals surface area contributed by atoms with Crippen molar-refractivity contribution in [1.29, 1.82) is 0 Å². The number of carboxylic acid groups (broad SMARTS) is 1. The van der Waals surface area contributed by atoms with Crippen molar-refractivity contribution in [3.8, 4) is 0 Å². The van der Waals surface area contributed by atoms with Crippen molar-refractivity contribution in [2.45, 2.75) is 12.5 Å². The number of carbonyl (C=O) groups is 1. The lowest BCUT2D eigenvalue weighted by atomic mass is 10.1. The van der Waals surface area contributed by atoms with Gasteiger partial charge in [0.05, 0.1) is 5.56 Å². The summed E-state index contributed by atoms with van der Waals surface area (Å²) in [6.45, 7) is 0. The summed E-state index contributed by atoms with van der Waals surface area (Å²) in [5.74, 6) is -5.44. The van der Waals surface area contributed by atoms with Crippen LogP contribution in [0.4, 0.5) is 17.6 Å². The van der Waals surface area contributed by atoms with E-state index in [1.807, 2.05) is 0 Å². The van der Waals surface area contributed by atoms with Crippen LogP contribution in [0.25, 0.3) is 0 Å². The highest BCUT2D eigenvalue weighted by atomic mass is 19.3. The Morgan fingerprint density at radius 2 is 1.56 bits per heavy atom. The van der Waals surface area contributed by atoms with E-state index in [1.165, 1.54) is 0 Å². The van der Waals surface area contributed by atoms with E-state index < -0.39 is 41.3 Å². The number of rotatable bonds is 3. The van der Waals surface area contributed by atoms with Crippen molar-refractivity contribution >= 4 is 5.97 Å². The van der Waals surface area contributed by atoms with Crippen molar-refractivity contribution in [2.24, 2.45) is 0 Å². The molecule has 0 saturated heterocycles. The average Bonchev–Trinajstić information content (AvgIpc) is 2.20. The molecule has 1 unspecified atom stereocenters. The number of hydrogen-bond donors (Lipinski definition) is 2. The Bertz CT molecular complexity index is 419. The highest BCUT2D eigenvalue weighted by Gasteiger charge is 2.26. The van der Waals surface area contributed by atoms with Crippen molar-refractivity contribution in [3.05, 3.63) is 34.9 Å². The minimum Gasteiger partial charge on any atom is -0.479 e. The second-order valence-corrected chi connectivity index (χ2v) is 2.91. The Morgan fingerprint density at radius 1 is 1.12 bits per heavy atom. The molecule has 1 aromatic rings. The molecule has 0 spiro atoms. The van der Waals surface area contributed by atoms with E-state index in [9.17, 15) is 22.4 Å². The smallest absolute Gasteiger partial charge is 0.337 e. The van der Waals surface area contributed by atoms with Crippen LogP contribution in [0.5, 0.6) is 0 Å². The Balaban J connectivity index is 3.27. The van der Waals surface area contributed by atoms with E-state index in [-0.39, 0.29) is 0 Å². The summed E-state index contributed by atoms with van der Waals surface area (Å²) >= 11 is 0. The number of carboxylic acids is 1. The monoisotopic (exact) mass is 238 g/mol. The van der Waals surface area contributed by atoms with Gasteiger partial charge in [0.25, 0.3) is 6.43 Å². The number of alkyl halides is 2. The molecule has 0 heterocycles. The number of hydrogen-bond acceptors (Lipinski definition) is 2. The molecular formula is C9H6F4O3. The molecule has 0 aliphatic heterocycles. The van der Waals surface area contributed by atoms with E-state index in [4.69, 9.17) is 10.2 Å². The number of aliphatic hydroxyl groups excluding tert-OH is 1. The van der Waals surface area contributed by atoms with Gasteiger partial charge in [-0.3, -0.25) is 0 Å². The first-order valence-corrected chi connectivity index (χ1v) is 4.03. The van der Waals surface area contributed by atoms with Gasteiger partial charge in [0.2, 0.25) is 0 Å². The minimum atomic E-state index is -3.22. The third-order valence-corrected chi connectivity index (χ3v) is 1.91. The highest BCUT2D eigenvalue weighted by molar-refractivity contribution is 5.74. The Morgan fingerprint density at radius 3 is 2.00 bits per heavy atom. The van der Waals surface area contributed by atoms with E-state index >= 15 is 0 Å². The zero-order valence-corrected chi connectivity index (χ0v) is 7.62. The van der Waals surface area contributed by atoms with Crippen LogP contribution in [-0.4, -0.2) is 16.2 Å². The van der Waals surface area contributed by atoms with E-state index in [0.29, 0.717) is 12.1 Å². The van der Waals surface area contributed by atoms with Crippen molar-refractivity contribution in [3.63, 3.8) is 0 Å². The summed E-state index contributed by atoms with van der Waals surface area (Å²) in [5, 5.41) is 17.3. The average molecular weight is 238 g/mol. The van der Waals surface area contributed by atoms with Crippen LogP contribution < -0.4 is 0 Å². The molecule has 7 heteroatoms. The molecule has 0 amide bonds. The van der Waals surface area contributed by atoms with Gasteiger partial charge in [0, 0.05) is 5.56 Å². The fourth-order valence-electron chi connectivity index (χ4n) is 1.09. The Labute approximate surface area is 86.9 Å². The number of aliphatic hydroxyl groups is 1. The molecule has 0 fully saturated rings. The molecular weight excluding hydrogens is 232 g/mol. The van der Waals surface area contributed by atoms with Crippen LogP contribution in [0.3, 0.4) is 0 Å². The van der Waals surface area contributed by atoms with E-state index in [0.717, 1.165) is 0 Å². The van der Waals surface area contributed by atoms with Crippen LogP contribution in [-0.2, 0) is 4.79 Å². The summed E-state index contributed by atoms with van der Waals surface area (Å²) < 4.78 is 50.3. The van der Waals surface area contributed by atoms with Crippen LogP contribution in [0.1, 0.15) is 23.7 Å². The molecule has 3 nitrogen and oxygen atoms in total. The van der Waals surface area contributed by atoms with Crippen molar-refractivity contribution < 1.29 is 32.6 Å². The summed E-state index contributed by atoms with van der Waals surface area (Å²) in [7, 11) is 0. The number of halogens is 4. The maximum absolute atomic E-state index is 13.1. The van der Waals surface area contributed by atoms with E-state index in [1.54, 1.807) is 0 Å². The van der Waals surface area contributed by atoms with Gasteiger partial charge < -0.3 is 10.2 Å². The second-order valence-electron chi connectivity index (χ2n) is 2.91. The van der Waals surface area contributed by atoms with Crippen LogP contribution >= 0.6 is 0 Å². The van der Waals surface area contributed by atoms with Gasteiger partial charge in [0.1, 0.15) is 0 Å². The summed E-state index contributed by atoms with van der Waals surface area (Å²) in [6, 6.07) is 1.14. The molecule has 16 heavy (non-hydrogen) atoms. The summed E-state index contributed by atoms with van der Waals surface area (Å²) in [6.07, 6.45) is -5.51. The molecule has 1 atom stereocenters. The Kier molecular flexibility index (Phi) is 3.48. The molecule has 1 aromatic carbocycles. The minimum absolute atomic E-state index is 0.532. The normalized spacial score (nSPS) is 12.9. The quantitative estimate of drug-likeness (QED) is 0.792. The van der Waals surface area contributed by atoms with Crippen molar-refractivity contribution in [2.75, 3.05) is 0 Å².